The molecule has 0 aromatic heterocycles. The van der Waals surface area contributed by atoms with E-state index in [0.717, 1.165) is 41.8 Å². The minimum Gasteiger partial charge on any atom is -0.351 e. The second-order valence-electron chi connectivity index (χ2n) is 7.97. The van der Waals surface area contributed by atoms with E-state index in [-0.39, 0.29) is 30.9 Å². The van der Waals surface area contributed by atoms with Crippen molar-refractivity contribution in [3.05, 3.63) is 29.8 Å². The zero-order valence-electron chi connectivity index (χ0n) is 16.8. The molecule has 0 radical (unpaired) electrons. The maximum atomic E-state index is 13.4. The smallest absolute Gasteiger partial charge is 0.247 e. The molecule has 1 N–H and O–H groups in total. The van der Waals surface area contributed by atoms with Gasteiger partial charge in [0.25, 0.3) is 0 Å². The Balaban J connectivity index is 2.04. The van der Waals surface area contributed by atoms with Gasteiger partial charge in [-0.2, -0.15) is 4.31 Å². The molecule has 2 amide bonds. The minimum atomic E-state index is -3.61. The van der Waals surface area contributed by atoms with Gasteiger partial charge in [-0.1, -0.05) is 38.0 Å². The van der Waals surface area contributed by atoms with Crippen LogP contribution in [0.3, 0.4) is 0 Å². The fraction of sp³-hybridized carbons (Fsp3) is 0.600. The number of carbonyl (C=O) groups excluding carboxylic acids is 2. The fourth-order valence-electron chi connectivity index (χ4n) is 4.21. The van der Waals surface area contributed by atoms with Gasteiger partial charge in [-0.25, -0.2) is 8.42 Å². The highest BCUT2D eigenvalue weighted by Crippen LogP contribution is 2.33. The first-order chi connectivity index (χ1) is 13.2. The number of hydrogen-bond donors (Lipinski definition) is 1. The van der Waals surface area contributed by atoms with Crippen LogP contribution in [0.4, 0.5) is 5.69 Å². The predicted octanol–water partition coefficient (Wildman–Crippen LogP) is 1.67. The molecule has 1 heterocycles. The van der Waals surface area contributed by atoms with Crippen molar-refractivity contribution >= 4 is 27.5 Å². The van der Waals surface area contributed by atoms with Gasteiger partial charge >= 0.3 is 0 Å². The van der Waals surface area contributed by atoms with Crippen molar-refractivity contribution in [3.8, 4) is 0 Å². The van der Waals surface area contributed by atoms with Crippen LogP contribution in [-0.2, 0) is 26.0 Å². The number of hydrogen-bond acceptors (Lipinski definition) is 4. The first-order valence-corrected chi connectivity index (χ1v) is 11.7. The van der Waals surface area contributed by atoms with Gasteiger partial charge < -0.3 is 5.32 Å². The van der Waals surface area contributed by atoms with Crippen molar-refractivity contribution in [1.29, 1.82) is 0 Å². The van der Waals surface area contributed by atoms with Gasteiger partial charge in [-0.3, -0.25) is 14.5 Å². The summed E-state index contributed by atoms with van der Waals surface area (Å²) in [4.78, 5) is 28.0. The number of anilines is 1. The lowest BCUT2D eigenvalue weighted by Crippen LogP contribution is -2.70. The summed E-state index contributed by atoms with van der Waals surface area (Å²) in [7, 11) is -3.61. The van der Waals surface area contributed by atoms with Gasteiger partial charge in [0.2, 0.25) is 21.8 Å². The van der Waals surface area contributed by atoms with Crippen LogP contribution >= 0.6 is 0 Å². The van der Waals surface area contributed by atoms with Crippen molar-refractivity contribution < 1.29 is 18.0 Å². The average Bonchev–Trinajstić information content (AvgIpc) is 3.13. The lowest BCUT2D eigenvalue weighted by molar-refractivity contribution is -0.133. The van der Waals surface area contributed by atoms with E-state index in [1.54, 1.807) is 6.92 Å². The molecule has 0 unspecified atom stereocenters. The second kappa shape index (κ2) is 7.83. The van der Waals surface area contributed by atoms with E-state index in [2.05, 4.69) is 5.32 Å². The summed E-state index contributed by atoms with van der Waals surface area (Å²) in [6.45, 7) is 3.34. The van der Waals surface area contributed by atoms with Gasteiger partial charge in [0.15, 0.2) is 0 Å². The third-order valence-corrected chi connectivity index (χ3v) is 7.00. The molecule has 1 aliphatic heterocycles. The van der Waals surface area contributed by atoms with Crippen molar-refractivity contribution in [1.82, 2.24) is 9.62 Å². The Hall–Kier alpha value is -1.93. The number of piperazine rings is 1. The van der Waals surface area contributed by atoms with Crippen LogP contribution < -0.4 is 10.2 Å². The molecular formula is C20H29N3O4S. The Bertz CT molecular complexity index is 864. The summed E-state index contributed by atoms with van der Waals surface area (Å²) in [5.74, 6) is -0.686. The average molecular weight is 408 g/mol. The number of nitrogens with zero attached hydrogens (tertiary/aromatic N) is 2. The third-order valence-electron chi connectivity index (χ3n) is 5.80. The Morgan fingerprint density at radius 2 is 1.89 bits per heavy atom. The van der Waals surface area contributed by atoms with Crippen LogP contribution in [0.5, 0.6) is 0 Å². The van der Waals surface area contributed by atoms with E-state index in [1.807, 2.05) is 31.2 Å². The first-order valence-electron chi connectivity index (χ1n) is 9.84. The normalized spacial score (nSPS) is 24.5. The molecule has 2 aliphatic rings. The first kappa shape index (κ1) is 20.8. The lowest BCUT2D eigenvalue weighted by Gasteiger charge is -2.47. The molecule has 1 saturated heterocycles. The lowest BCUT2D eigenvalue weighted by atomic mass is 9.92. The number of benzene rings is 1. The van der Waals surface area contributed by atoms with E-state index in [4.69, 9.17) is 0 Å². The quantitative estimate of drug-likeness (QED) is 0.804. The number of aryl methyl sites for hydroxylation is 1. The Labute approximate surface area is 167 Å². The third kappa shape index (κ3) is 3.93. The molecular weight excluding hydrogens is 378 g/mol. The van der Waals surface area contributed by atoms with Crippen molar-refractivity contribution in [2.24, 2.45) is 0 Å². The molecule has 2 fully saturated rings. The van der Waals surface area contributed by atoms with E-state index in [0.29, 0.717) is 12.1 Å². The number of amides is 2. The highest BCUT2D eigenvalue weighted by molar-refractivity contribution is 7.88. The van der Waals surface area contributed by atoms with E-state index in [1.165, 1.54) is 4.90 Å². The molecule has 1 atom stereocenters. The number of nitrogens with one attached hydrogen (secondary N) is 1. The van der Waals surface area contributed by atoms with Gasteiger partial charge in [0.1, 0.15) is 5.54 Å². The fourth-order valence-corrected chi connectivity index (χ4v) is 5.04. The van der Waals surface area contributed by atoms with Crippen molar-refractivity contribution in [2.45, 2.75) is 57.5 Å². The number of sulfonamides is 1. The number of rotatable bonds is 5. The monoisotopic (exact) mass is 407 g/mol. The summed E-state index contributed by atoms with van der Waals surface area (Å²) in [5, 5.41) is 3.06. The zero-order chi connectivity index (χ0) is 20.5. The van der Waals surface area contributed by atoms with Gasteiger partial charge in [0, 0.05) is 18.3 Å². The summed E-state index contributed by atoms with van der Waals surface area (Å²) < 4.78 is 25.5. The van der Waals surface area contributed by atoms with E-state index < -0.39 is 15.6 Å². The van der Waals surface area contributed by atoms with Gasteiger partial charge in [0.05, 0.1) is 12.8 Å². The predicted molar refractivity (Wildman–Crippen MR) is 109 cm³/mol. The highest BCUT2D eigenvalue weighted by Gasteiger charge is 2.51. The number of para-hydroxylation sites is 1. The molecule has 0 bridgehead atoms. The van der Waals surface area contributed by atoms with Crippen molar-refractivity contribution in [3.63, 3.8) is 0 Å². The molecule has 7 nitrogen and oxygen atoms in total. The highest BCUT2D eigenvalue weighted by atomic mass is 32.2. The summed E-state index contributed by atoms with van der Waals surface area (Å²) in [6, 6.07) is 7.57. The van der Waals surface area contributed by atoms with Gasteiger partial charge in [-0.15, -0.1) is 0 Å². The molecule has 1 aromatic rings. The van der Waals surface area contributed by atoms with Crippen molar-refractivity contribution in [2.75, 3.05) is 24.2 Å². The van der Waals surface area contributed by atoms with Crippen LogP contribution in [0.25, 0.3) is 0 Å². The molecule has 0 spiro atoms. The second-order valence-corrected chi connectivity index (χ2v) is 9.95. The summed E-state index contributed by atoms with van der Waals surface area (Å²) >= 11 is 0. The Morgan fingerprint density at radius 3 is 2.50 bits per heavy atom. The molecule has 8 heteroatoms. The van der Waals surface area contributed by atoms with Crippen LogP contribution in [0.15, 0.2) is 24.3 Å². The maximum Gasteiger partial charge on any atom is 0.247 e. The molecule has 1 aliphatic carbocycles. The molecule has 1 aromatic carbocycles. The SMILES string of the molecule is CCc1ccccc1N1C(=O)CN(S(C)(=O)=O)C[C@]1(C)C(=O)NC1CCCC1. The Morgan fingerprint density at radius 1 is 1.25 bits per heavy atom. The van der Waals surface area contributed by atoms with Crippen LogP contribution in [0.2, 0.25) is 0 Å². The van der Waals surface area contributed by atoms with Crippen LogP contribution in [0.1, 0.15) is 45.1 Å². The molecule has 1 saturated carbocycles. The Kier molecular flexibility index (Phi) is 5.82. The van der Waals surface area contributed by atoms with Gasteiger partial charge in [-0.05, 0) is 37.8 Å². The summed E-state index contributed by atoms with van der Waals surface area (Å²) in [5.41, 5.74) is 0.308. The van der Waals surface area contributed by atoms with Crippen LogP contribution in [0, 0.1) is 0 Å². The largest absolute Gasteiger partial charge is 0.351 e. The van der Waals surface area contributed by atoms with E-state index >= 15 is 0 Å². The van der Waals surface area contributed by atoms with E-state index in [9.17, 15) is 18.0 Å². The topological polar surface area (TPSA) is 86.8 Å². The maximum absolute atomic E-state index is 13.4. The minimum absolute atomic E-state index is 0.0613. The molecule has 154 valence electrons. The summed E-state index contributed by atoms with van der Waals surface area (Å²) in [6.07, 6.45) is 5.74. The number of carbonyl (C=O) groups is 2. The molecule has 3 rings (SSSR count). The standard InChI is InChI=1S/C20H29N3O4S/c1-4-15-9-5-8-12-17(15)23-18(24)13-22(28(3,26)27)14-20(23,2)19(25)21-16-10-6-7-11-16/h5,8-9,12,16H,4,6-7,10-11,13-14H2,1-3H3,(H,21,25)/t20-/m1/s1. The van der Waals surface area contributed by atoms with Crippen LogP contribution in [-0.4, -0.2) is 55.5 Å². The zero-order valence-corrected chi connectivity index (χ0v) is 17.6. The molecule has 28 heavy (non-hydrogen) atoms.